The molecule has 0 radical (unpaired) electrons. The molecule has 0 bridgehead atoms. The van der Waals surface area contributed by atoms with E-state index >= 15 is 0 Å². The van der Waals surface area contributed by atoms with Crippen LogP contribution in [0.25, 0.3) is 0 Å². The van der Waals surface area contributed by atoms with Crippen LogP contribution in [0.3, 0.4) is 0 Å². The molecule has 0 saturated heterocycles. The van der Waals surface area contributed by atoms with E-state index in [0.717, 1.165) is 0 Å². The van der Waals surface area contributed by atoms with Crippen LogP contribution in [0.4, 0.5) is 75.0 Å². The summed E-state index contributed by atoms with van der Waals surface area (Å²) in [6.07, 6.45) is -16.5. The zero-order chi connectivity index (χ0) is 27.8. The van der Waals surface area contributed by atoms with Crippen LogP contribution < -0.4 is 5.32 Å². The number of hydrogen-bond acceptors (Lipinski definition) is 2. The smallest absolute Gasteiger partial charge is 0.408 e. The Bertz CT molecular complexity index is 737. The van der Waals surface area contributed by atoms with Crippen molar-refractivity contribution in [3.05, 3.63) is 0 Å². The molecule has 19 heteroatoms. The Hall–Kier alpha value is -1.85. The minimum atomic E-state index is -8.39. The predicted molar refractivity (Wildman–Crippen MR) is 82.0 cm³/mol. The fraction of sp³-hybridized carbons (Fsp3) is 0.938. The molecule has 1 aliphatic rings. The van der Waals surface area contributed by atoms with E-state index in [0.29, 0.717) is 19.3 Å². The summed E-state index contributed by atoms with van der Waals surface area (Å²) in [5.41, 5.74) is 0. The Labute approximate surface area is 185 Å². The van der Waals surface area contributed by atoms with Crippen molar-refractivity contribution in [3.8, 4) is 0 Å². The average molecular weight is 557 g/mol. The summed E-state index contributed by atoms with van der Waals surface area (Å²) >= 11 is 0. The Morgan fingerprint density at radius 2 is 1.06 bits per heavy atom. The van der Waals surface area contributed by atoms with Crippen LogP contribution >= 0.6 is 0 Å². The topological polar surface area (TPSA) is 38.3 Å². The van der Waals surface area contributed by atoms with Gasteiger partial charge in [0.25, 0.3) is 6.43 Å². The number of rotatable bonds is 10. The molecule has 1 saturated carbocycles. The van der Waals surface area contributed by atoms with Gasteiger partial charge in [-0.05, 0) is 12.8 Å². The van der Waals surface area contributed by atoms with Crippen molar-refractivity contribution in [2.45, 2.75) is 92.6 Å². The zero-order valence-corrected chi connectivity index (χ0v) is 16.7. The Kier molecular flexibility index (Phi) is 8.81. The minimum Gasteiger partial charge on any atom is -0.408 e. The number of halogens is 16. The number of carbonyl (C=O) groups excluding carboxylic acids is 1. The lowest BCUT2D eigenvalue weighted by atomic mass is 9.90. The summed E-state index contributed by atoms with van der Waals surface area (Å²) in [7, 11) is 0. The maximum atomic E-state index is 13.7. The monoisotopic (exact) mass is 557 g/mol. The molecule has 1 aliphatic carbocycles. The van der Waals surface area contributed by atoms with Gasteiger partial charge < -0.3 is 10.1 Å². The fourth-order valence-electron chi connectivity index (χ4n) is 2.90. The van der Waals surface area contributed by atoms with Gasteiger partial charge in [-0.15, -0.1) is 0 Å². The van der Waals surface area contributed by atoms with E-state index in [-0.39, 0.29) is 12.8 Å². The van der Waals surface area contributed by atoms with E-state index in [1.165, 1.54) is 0 Å². The van der Waals surface area contributed by atoms with Gasteiger partial charge >= 0.3 is 48.0 Å². The molecule has 35 heavy (non-hydrogen) atoms. The van der Waals surface area contributed by atoms with Gasteiger partial charge in [0.15, 0.2) is 0 Å². The van der Waals surface area contributed by atoms with E-state index in [2.05, 4.69) is 4.74 Å². The fourth-order valence-corrected chi connectivity index (χ4v) is 2.90. The molecular weight excluding hydrogens is 542 g/mol. The molecule has 1 fully saturated rings. The van der Waals surface area contributed by atoms with Crippen molar-refractivity contribution in [2.24, 2.45) is 0 Å². The molecule has 1 rings (SSSR count). The summed E-state index contributed by atoms with van der Waals surface area (Å²) in [5.74, 6) is -47.7. The Morgan fingerprint density at radius 3 is 1.46 bits per heavy atom. The number of nitrogens with one attached hydrogen (secondary N) is 1. The van der Waals surface area contributed by atoms with Gasteiger partial charge in [-0.3, -0.25) is 0 Å². The first-order chi connectivity index (χ1) is 15.5. The number of alkyl carbamates (subject to hydrolysis) is 1. The van der Waals surface area contributed by atoms with Crippen LogP contribution in [0.2, 0.25) is 0 Å². The molecule has 0 aromatic heterocycles. The number of carbonyl (C=O) groups is 1. The molecule has 2 unspecified atom stereocenters. The van der Waals surface area contributed by atoms with E-state index < -0.39 is 66.6 Å². The maximum Gasteiger partial charge on any atom is 0.410 e. The van der Waals surface area contributed by atoms with Crippen LogP contribution in [0.5, 0.6) is 0 Å². The summed E-state index contributed by atoms with van der Waals surface area (Å²) < 4.78 is 215. The highest BCUT2D eigenvalue weighted by atomic mass is 19.4. The molecular formula is C16H15F16NO2. The van der Waals surface area contributed by atoms with Gasteiger partial charge in [0.05, 0.1) is 0 Å². The van der Waals surface area contributed by atoms with Gasteiger partial charge in [-0.25, -0.2) is 18.0 Å². The molecule has 1 amide bonds. The molecule has 0 heterocycles. The lowest BCUT2D eigenvalue weighted by molar-refractivity contribution is -0.439. The normalized spacial score (nSPS) is 19.5. The predicted octanol–water partition coefficient (Wildman–Crippen LogP) is 6.76. The molecule has 3 nitrogen and oxygen atoms in total. The number of alkyl halides is 16. The van der Waals surface area contributed by atoms with Gasteiger partial charge in [0.1, 0.15) is 0 Å². The van der Waals surface area contributed by atoms with Gasteiger partial charge in [0.2, 0.25) is 6.17 Å². The lowest BCUT2D eigenvalue weighted by Gasteiger charge is -2.41. The highest BCUT2D eigenvalue weighted by molar-refractivity contribution is 5.67. The Balaban J connectivity index is 3.25. The second-order valence-corrected chi connectivity index (χ2v) is 7.48. The Morgan fingerprint density at radius 1 is 0.657 bits per heavy atom. The molecule has 2 atom stereocenters. The first-order valence-electron chi connectivity index (χ1n) is 9.30. The van der Waals surface area contributed by atoms with E-state index in [9.17, 15) is 75.0 Å². The van der Waals surface area contributed by atoms with Crippen molar-refractivity contribution in [2.75, 3.05) is 0 Å². The van der Waals surface area contributed by atoms with Crippen LogP contribution in [0.1, 0.15) is 32.1 Å². The first-order valence-corrected chi connectivity index (χ1v) is 9.30. The third-order valence-electron chi connectivity index (χ3n) is 5.01. The third kappa shape index (κ3) is 5.17. The van der Waals surface area contributed by atoms with E-state index in [1.807, 2.05) is 0 Å². The average Bonchev–Trinajstić information content (AvgIpc) is 2.72. The number of amides is 1. The van der Waals surface area contributed by atoms with Crippen LogP contribution in [0, 0.1) is 0 Å². The highest BCUT2D eigenvalue weighted by Crippen LogP contribution is 2.61. The lowest BCUT2D eigenvalue weighted by Crippen LogP contribution is -2.73. The van der Waals surface area contributed by atoms with E-state index in [1.54, 1.807) is 5.32 Å². The zero-order valence-electron chi connectivity index (χ0n) is 16.7. The highest BCUT2D eigenvalue weighted by Gasteiger charge is 2.92. The van der Waals surface area contributed by atoms with Crippen molar-refractivity contribution >= 4 is 6.09 Å². The summed E-state index contributed by atoms with van der Waals surface area (Å²) in [4.78, 5) is 11.4. The van der Waals surface area contributed by atoms with Crippen molar-refractivity contribution < 1.29 is 79.8 Å². The van der Waals surface area contributed by atoms with Crippen LogP contribution in [-0.2, 0) is 4.74 Å². The molecule has 0 aromatic carbocycles. The van der Waals surface area contributed by atoms with Crippen molar-refractivity contribution in [3.63, 3.8) is 0 Å². The summed E-state index contributed by atoms with van der Waals surface area (Å²) in [6.45, 7) is 0. The first kappa shape index (κ1) is 31.2. The van der Waals surface area contributed by atoms with E-state index in [4.69, 9.17) is 0 Å². The molecule has 0 spiro atoms. The molecule has 0 aliphatic heterocycles. The number of ether oxygens (including phenoxy) is 1. The standard InChI is InChI=1S/C16H15F16NO2/c17-7(8(18)19)11(21,22)13(25,26)15(29,30)16(31,32)14(27,28)12(23,24)9(20)35-10(34)33-6-4-2-1-3-5-6/h6-9H,1-5H2,(H,33,34). The van der Waals surface area contributed by atoms with Crippen molar-refractivity contribution in [1.29, 1.82) is 0 Å². The van der Waals surface area contributed by atoms with Crippen LogP contribution in [-0.4, -0.2) is 66.6 Å². The van der Waals surface area contributed by atoms with Crippen LogP contribution in [0.15, 0.2) is 0 Å². The molecule has 1 N–H and O–H groups in total. The summed E-state index contributed by atoms with van der Waals surface area (Å²) in [5, 5.41) is 1.66. The van der Waals surface area contributed by atoms with Crippen molar-refractivity contribution in [1.82, 2.24) is 5.32 Å². The summed E-state index contributed by atoms with van der Waals surface area (Å²) in [6, 6.07) is -0.882. The third-order valence-corrected chi connectivity index (χ3v) is 5.01. The number of hydrogen-bond donors (Lipinski definition) is 1. The van der Waals surface area contributed by atoms with Gasteiger partial charge in [0, 0.05) is 6.04 Å². The maximum absolute atomic E-state index is 13.7. The largest absolute Gasteiger partial charge is 0.410 e. The molecule has 208 valence electrons. The molecule has 0 aromatic rings. The van der Waals surface area contributed by atoms with Gasteiger partial charge in [-0.2, -0.15) is 57.1 Å². The minimum absolute atomic E-state index is 0.153. The second kappa shape index (κ2) is 9.89. The quantitative estimate of drug-likeness (QED) is 0.302. The van der Waals surface area contributed by atoms with Gasteiger partial charge in [-0.1, -0.05) is 19.3 Å². The second-order valence-electron chi connectivity index (χ2n) is 7.48. The SMILES string of the molecule is O=C(NC1CCCCC1)OC(F)C(F)(F)C(F)(F)C(F)(F)C(F)(F)C(F)(F)C(F)(F)C(F)C(F)F.